The summed E-state index contributed by atoms with van der Waals surface area (Å²) < 4.78 is 28.7. The zero-order valence-corrected chi connectivity index (χ0v) is 26.8. The lowest BCUT2D eigenvalue weighted by Gasteiger charge is -2.26. The number of carboxylic acids is 1. The maximum Gasteiger partial charge on any atom is 0.323 e. The molecule has 1 N–H and O–H groups in total. The van der Waals surface area contributed by atoms with E-state index in [1.807, 2.05) is 48.2 Å². The van der Waals surface area contributed by atoms with E-state index in [4.69, 9.17) is 35.3 Å². The van der Waals surface area contributed by atoms with Crippen molar-refractivity contribution in [2.45, 2.75) is 45.4 Å². The highest BCUT2D eigenvalue weighted by molar-refractivity contribution is 6.34. The summed E-state index contributed by atoms with van der Waals surface area (Å²) in [6.07, 6.45) is 2.33. The molecule has 2 aliphatic rings. The predicted molar refractivity (Wildman–Crippen MR) is 170 cm³/mol. The number of aromatic nitrogens is 2. The van der Waals surface area contributed by atoms with Gasteiger partial charge in [0, 0.05) is 37.3 Å². The van der Waals surface area contributed by atoms with Crippen LogP contribution in [0.2, 0.25) is 5.02 Å². The van der Waals surface area contributed by atoms with Gasteiger partial charge in [-0.1, -0.05) is 41.9 Å². The molecule has 2 saturated heterocycles. The molecular weight excluding hydrogens is 600 g/mol. The number of nitrogens with zero attached hydrogens (tertiary/aromatic N) is 4. The van der Waals surface area contributed by atoms with E-state index in [2.05, 4.69) is 14.9 Å². The summed E-state index contributed by atoms with van der Waals surface area (Å²) in [5.41, 5.74) is 4.20. The Labute approximate surface area is 269 Å². The van der Waals surface area contributed by atoms with E-state index in [0.29, 0.717) is 30.2 Å². The Morgan fingerprint density at radius 2 is 1.73 bits per heavy atom. The second kappa shape index (κ2) is 15.6. The zero-order valence-electron chi connectivity index (χ0n) is 26.1. The van der Waals surface area contributed by atoms with Crippen LogP contribution in [0.4, 0.5) is 0 Å². The monoisotopic (exact) mass is 640 g/mol. The molecule has 3 aromatic rings. The number of halogens is 1. The fraction of sp³-hybridized carbons (Fsp3) is 0.485. The molecule has 11 nitrogen and oxygen atoms in total. The highest BCUT2D eigenvalue weighted by Gasteiger charge is 2.32. The van der Waals surface area contributed by atoms with Crippen LogP contribution in [0.5, 0.6) is 23.5 Å². The van der Waals surface area contributed by atoms with E-state index in [1.165, 1.54) is 14.2 Å². The highest BCUT2D eigenvalue weighted by atomic mass is 35.5. The zero-order chi connectivity index (χ0) is 31.8. The number of likely N-dealkylation sites (tertiary alicyclic amines) is 1. The number of methoxy groups -OCH3 is 2. The molecule has 2 aliphatic heterocycles. The molecule has 242 valence electrons. The number of rotatable bonds is 14. The molecule has 3 heterocycles. The van der Waals surface area contributed by atoms with Gasteiger partial charge in [0.25, 0.3) is 0 Å². The Balaban J connectivity index is 1.27. The lowest BCUT2D eigenvalue weighted by molar-refractivity contribution is -0.142. The van der Waals surface area contributed by atoms with Crippen molar-refractivity contribution in [1.29, 1.82) is 0 Å². The second-order valence-corrected chi connectivity index (χ2v) is 11.5. The Hall–Kier alpha value is -3.64. The van der Waals surface area contributed by atoms with Crippen molar-refractivity contribution in [3.05, 3.63) is 58.1 Å². The number of benzene rings is 2. The molecule has 45 heavy (non-hydrogen) atoms. The van der Waals surface area contributed by atoms with Crippen LogP contribution in [0.25, 0.3) is 11.1 Å². The average Bonchev–Trinajstić information content (AvgIpc) is 3.53. The number of hydrogen-bond donors (Lipinski definition) is 1. The van der Waals surface area contributed by atoms with Crippen LogP contribution in [0.15, 0.2) is 36.4 Å². The largest absolute Gasteiger partial charge is 0.493 e. The number of aliphatic carboxylic acids is 1. The smallest absolute Gasteiger partial charge is 0.323 e. The lowest BCUT2D eigenvalue weighted by Crippen LogP contribution is -2.37. The van der Waals surface area contributed by atoms with Crippen molar-refractivity contribution in [3.63, 3.8) is 0 Å². The molecule has 2 aromatic carbocycles. The quantitative estimate of drug-likeness (QED) is 0.244. The van der Waals surface area contributed by atoms with Crippen LogP contribution in [0.1, 0.15) is 36.0 Å². The highest BCUT2D eigenvalue weighted by Crippen LogP contribution is 2.37. The minimum atomic E-state index is -0.848. The molecule has 5 rings (SSSR count). The fourth-order valence-electron chi connectivity index (χ4n) is 5.86. The summed E-state index contributed by atoms with van der Waals surface area (Å²) in [6.45, 7) is 8.25. The first kappa shape index (κ1) is 32.7. The third-order valence-corrected chi connectivity index (χ3v) is 8.74. The van der Waals surface area contributed by atoms with Gasteiger partial charge in [0.05, 0.1) is 44.6 Å². The second-order valence-electron chi connectivity index (χ2n) is 11.1. The first-order valence-electron chi connectivity index (χ1n) is 15.3. The summed E-state index contributed by atoms with van der Waals surface area (Å²) in [7, 11) is 3.00. The molecule has 0 aliphatic carbocycles. The van der Waals surface area contributed by atoms with Gasteiger partial charge in [0.1, 0.15) is 18.4 Å². The summed E-state index contributed by atoms with van der Waals surface area (Å²) in [4.78, 5) is 24.9. The van der Waals surface area contributed by atoms with E-state index < -0.39 is 12.0 Å². The van der Waals surface area contributed by atoms with Crippen LogP contribution < -0.4 is 18.9 Å². The van der Waals surface area contributed by atoms with Crippen LogP contribution in [-0.4, -0.2) is 97.1 Å². The molecule has 0 radical (unpaired) electrons. The first-order valence-corrected chi connectivity index (χ1v) is 15.7. The van der Waals surface area contributed by atoms with Crippen molar-refractivity contribution >= 4 is 17.6 Å². The van der Waals surface area contributed by atoms with Gasteiger partial charge in [0.15, 0.2) is 0 Å². The molecule has 0 spiro atoms. The maximum atomic E-state index is 11.7. The van der Waals surface area contributed by atoms with Crippen molar-refractivity contribution in [3.8, 4) is 34.6 Å². The molecule has 0 saturated carbocycles. The minimum Gasteiger partial charge on any atom is -0.493 e. The van der Waals surface area contributed by atoms with E-state index in [0.717, 1.165) is 73.7 Å². The Morgan fingerprint density at radius 1 is 1.02 bits per heavy atom. The first-order chi connectivity index (χ1) is 21.9. The Kier molecular flexibility index (Phi) is 11.3. The Bertz CT molecular complexity index is 1440. The molecule has 0 bridgehead atoms. The van der Waals surface area contributed by atoms with Crippen LogP contribution in [0.3, 0.4) is 0 Å². The van der Waals surface area contributed by atoms with Gasteiger partial charge in [-0.05, 0) is 49.9 Å². The van der Waals surface area contributed by atoms with Crippen molar-refractivity contribution < 1.29 is 33.6 Å². The summed E-state index contributed by atoms with van der Waals surface area (Å²) in [5, 5.41) is 10.2. The van der Waals surface area contributed by atoms with Gasteiger partial charge in [-0.15, -0.1) is 0 Å². The van der Waals surface area contributed by atoms with Gasteiger partial charge in [0.2, 0.25) is 11.8 Å². The summed E-state index contributed by atoms with van der Waals surface area (Å²) in [5.74, 6) is 0.526. The van der Waals surface area contributed by atoms with E-state index in [9.17, 15) is 9.90 Å². The van der Waals surface area contributed by atoms with Crippen LogP contribution in [0, 0.1) is 6.92 Å². The number of hydrogen-bond acceptors (Lipinski definition) is 10. The third-order valence-electron chi connectivity index (χ3n) is 8.30. The van der Waals surface area contributed by atoms with Crippen LogP contribution >= 0.6 is 11.6 Å². The number of carboxylic acid groups (broad SMARTS) is 1. The van der Waals surface area contributed by atoms with Gasteiger partial charge in [-0.25, -0.2) is 0 Å². The molecule has 12 heteroatoms. The van der Waals surface area contributed by atoms with Crippen molar-refractivity contribution in [2.24, 2.45) is 0 Å². The average molecular weight is 641 g/mol. The fourth-order valence-corrected chi connectivity index (χ4v) is 6.14. The molecule has 1 aromatic heterocycles. The van der Waals surface area contributed by atoms with Crippen LogP contribution in [-0.2, 0) is 22.7 Å². The van der Waals surface area contributed by atoms with E-state index >= 15 is 0 Å². The topological polar surface area (TPSA) is 116 Å². The standard InChI is InChI=1S/C33H41ClN4O7/c1-22-24(9-5-12-28(22)44-17-7-13-37-15-18-43-19-16-37)25-10-4-8-23(29(25)34)21-45-33-35-30(41-2)26(31(36-33)42-3)20-38-14-6-11-27(38)32(39)40/h4-5,8-10,12,27H,6-7,11,13-21H2,1-3H3,(H,39,40)/t27-/m0/s1. The molecule has 0 amide bonds. The van der Waals surface area contributed by atoms with Crippen molar-refractivity contribution in [2.75, 3.05) is 60.2 Å². The van der Waals surface area contributed by atoms with Gasteiger partial charge in [-0.2, -0.15) is 9.97 Å². The summed E-state index contributed by atoms with van der Waals surface area (Å²) >= 11 is 6.94. The minimum absolute atomic E-state index is 0.0637. The Morgan fingerprint density at radius 3 is 2.44 bits per heavy atom. The molecular formula is C33H41ClN4O7. The number of morpholine rings is 1. The lowest BCUT2D eigenvalue weighted by atomic mass is 9.98. The molecule has 1 atom stereocenters. The van der Waals surface area contributed by atoms with E-state index in [1.54, 1.807) is 0 Å². The SMILES string of the molecule is COc1nc(OCc2cccc(-c3cccc(OCCCN4CCOCC4)c3C)c2Cl)nc(OC)c1CN1CCC[C@H]1C(=O)O. The summed E-state index contributed by atoms with van der Waals surface area (Å²) in [6, 6.07) is 11.3. The third kappa shape index (κ3) is 7.96. The van der Waals surface area contributed by atoms with Gasteiger partial charge in [-0.3, -0.25) is 14.6 Å². The predicted octanol–water partition coefficient (Wildman–Crippen LogP) is 4.85. The van der Waals surface area contributed by atoms with E-state index in [-0.39, 0.29) is 30.9 Å². The molecule has 0 unspecified atom stereocenters. The molecule has 2 fully saturated rings. The number of ether oxygens (including phenoxy) is 5. The van der Waals surface area contributed by atoms with Gasteiger partial charge < -0.3 is 28.8 Å². The normalized spacial score (nSPS) is 17.3. The maximum absolute atomic E-state index is 11.7. The number of carbonyl (C=O) groups is 1. The van der Waals surface area contributed by atoms with Crippen molar-refractivity contribution in [1.82, 2.24) is 19.8 Å². The van der Waals surface area contributed by atoms with Gasteiger partial charge >= 0.3 is 12.0 Å².